The zero-order valence-corrected chi connectivity index (χ0v) is 24.4. The van der Waals surface area contributed by atoms with Crippen molar-refractivity contribution in [3.63, 3.8) is 0 Å². The van der Waals surface area contributed by atoms with Crippen LogP contribution < -0.4 is 20.7 Å². The summed E-state index contributed by atoms with van der Waals surface area (Å²) in [6.07, 6.45) is 1.54. The number of Topliss-reactive ketones (excluding diaryl/α,β-unsaturated/α-hetero) is 1. The molecule has 1 aromatic heterocycles. The predicted octanol–water partition coefficient (Wildman–Crippen LogP) is 4.37. The lowest BCUT2D eigenvalue weighted by Crippen LogP contribution is -2.38. The van der Waals surface area contributed by atoms with Crippen LogP contribution in [0.15, 0.2) is 75.5 Å². The summed E-state index contributed by atoms with van der Waals surface area (Å²) in [5, 5.41) is 22.0. The Morgan fingerprint density at radius 2 is 1.88 bits per heavy atom. The van der Waals surface area contributed by atoms with Gasteiger partial charge in [0.2, 0.25) is 11.0 Å². The first-order valence-corrected chi connectivity index (χ1v) is 14.7. The van der Waals surface area contributed by atoms with Crippen LogP contribution in [0.5, 0.6) is 5.75 Å². The number of allylic oxidation sites excluding steroid dienone is 3. The van der Waals surface area contributed by atoms with Crippen LogP contribution in [0, 0.1) is 11.3 Å². The summed E-state index contributed by atoms with van der Waals surface area (Å²) in [5.74, 6) is -0.486. The summed E-state index contributed by atoms with van der Waals surface area (Å²) in [4.78, 5) is 39.4. The SMILES string of the molecule is COC(=O)c1ccc(C2C(C#N)=C(N)N(c3nnc(SCC(=O)Nc4ccc(OC)cc4)s3)C3=C2C(=O)CCC3)cc1. The van der Waals surface area contributed by atoms with Crippen LogP contribution in [0.2, 0.25) is 0 Å². The highest BCUT2D eigenvalue weighted by molar-refractivity contribution is 8.01. The molecule has 1 atom stereocenters. The van der Waals surface area contributed by atoms with Gasteiger partial charge in [-0.25, -0.2) is 4.79 Å². The molecular weight excluding hydrogens is 576 g/mol. The topological polar surface area (TPSA) is 161 Å². The average molecular weight is 603 g/mol. The quantitative estimate of drug-likeness (QED) is 0.278. The fourth-order valence-corrected chi connectivity index (χ4v) is 6.60. The minimum Gasteiger partial charge on any atom is -0.497 e. The number of rotatable bonds is 8. The van der Waals surface area contributed by atoms with E-state index in [9.17, 15) is 19.6 Å². The van der Waals surface area contributed by atoms with Crippen molar-refractivity contribution in [2.75, 3.05) is 30.2 Å². The maximum atomic E-state index is 13.3. The van der Waals surface area contributed by atoms with Gasteiger partial charge in [0, 0.05) is 23.4 Å². The van der Waals surface area contributed by atoms with Gasteiger partial charge in [-0.2, -0.15) is 5.26 Å². The van der Waals surface area contributed by atoms with Gasteiger partial charge in [0.05, 0.1) is 43.1 Å². The average Bonchev–Trinajstić information content (AvgIpc) is 3.48. The minimum absolute atomic E-state index is 0.0714. The number of amides is 1. The summed E-state index contributed by atoms with van der Waals surface area (Å²) in [6.45, 7) is 0. The molecule has 2 aromatic carbocycles. The third kappa shape index (κ3) is 5.72. The molecule has 2 heterocycles. The van der Waals surface area contributed by atoms with E-state index in [0.717, 1.165) is 0 Å². The lowest BCUT2D eigenvalue weighted by atomic mass is 9.75. The number of ether oxygens (including phenoxy) is 2. The number of benzene rings is 2. The molecule has 0 bridgehead atoms. The molecule has 5 rings (SSSR count). The highest BCUT2D eigenvalue weighted by Gasteiger charge is 2.41. The van der Waals surface area contributed by atoms with E-state index in [0.29, 0.717) is 62.6 Å². The van der Waals surface area contributed by atoms with Crippen LogP contribution in [-0.2, 0) is 14.3 Å². The lowest BCUT2D eigenvalue weighted by Gasteiger charge is -2.38. The number of ketones is 1. The standard InChI is InChI=1S/C29H26N6O5S2/c1-39-19-12-10-18(11-13-19)32-23(37)15-41-29-34-33-28(42-29)35-21-4-3-5-22(36)25(21)24(20(14-30)26(35)31)16-6-8-17(9-7-16)27(38)40-2/h6-13,24H,3-5,15,31H2,1-2H3,(H,32,37). The first-order valence-electron chi connectivity index (χ1n) is 12.9. The molecule has 2 aliphatic rings. The van der Waals surface area contributed by atoms with Crippen molar-refractivity contribution in [2.45, 2.75) is 29.5 Å². The number of nitriles is 1. The van der Waals surface area contributed by atoms with E-state index >= 15 is 0 Å². The first kappa shape index (κ1) is 28.8. The highest BCUT2D eigenvalue weighted by Crippen LogP contribution is 2.47. The van der Waals surface area contributed by atoms with Crippen molar-refractivity contribution in [2.24, 2.45) is 5.73 Å². The summed E-state index contributed by atoms with van der Waals surface area (Å²) in [7, 11) is 2.87. The Kier molecular flexibility index (Phi) is 8.56. The van der Waals surface area contributed by atoms with E-state index in [1.54, 1.807) is 60.5 Å². The molecule has 11 nitrogen and oxygen atoms in total. The van der Waals surface area contributed by atoms with Crippen LogP contribution in [0.3, 0.4) is 0 Å². The van der Waals surface area contributed by atoms with Gasteiger partial charge < -0.3 is 20.5 Å². The van der Waals surface area contributed by atoms with Crippen molar-refractivity contribution < 1.29 is 23.9 Å². The number of hydrogen-bond acceptors (Lipinski definition) is 12. The third-order valence-corrected chi connectivity index (χ3v) is 8.91. The van der Waals surface area contributed by atoms with E-state index in [1.807, 2.05) is 0 Å². The van der Waals surface area contributed by atoms with Crippen molar-refractivity contribution in [3.8, 4) is 11.8 Å². The van der Waals surface area contributed by atoms with Crippen molar-refractivity contribution in [3.05, 3.63) is 82.3 Å². The number of nitrogens with two attached hydrogens (primary N) is 1. The first-order chi connectivity index (χ1) is 20.3. The molecule has 1 aliphatic heterocycles. The molecule has 214 valence electrons. The second-order valence-electron chi connectivity index (χ2n) is 9.35. The maximum absolute atomic E-state index is 13.3. The van der Waals surface area contributed by atoms with E-state index in [1.165, 1.54) is 30.2 Å². The van der Waals surface area contributed by atoms with Crippen LogP contribution in [0.25, 0.3) is 0 Å². The molecule has 1 amide bonds. The van der Waals surface area contributed by atoms with Gasteiger partial charge in [-0.1, -0.05) is 35.2 Å². The smallest absolute Gasteiger partial charge is 0.337 e. The fraction of sp³-hybridized carbons (Fsp3) is 0.241. The van der Waals surface area contributed by atoms with Gasteiger partial charge in [0.15, 0.2) is 10.1 Å². The summed E-state index contributed by atoms with van der Waals surface area (Å²) < 4.78 is 10.5. The van der Waals surface area contributed by atoms with Crippen molar-refractivity contribution in [1.29, 1.82) is 5.26 Å². The van der Waals surface area contributed by atoms with Gasteiger partial charge in [0.1, 0.15) is 11.6 Å². The number of nitrogens with zero attached hydrogens (tertiary/aromatic N) is 4. The van der Waals surface area contributed by atoms with E-state index in [4.69, 9.17) is 15.2 Å². The number of nitrogens with one attached hydrogen (secondary N) is 1. The van der Waals surface area contributed by atoms with E-state index in [-0.39, 0.29) is 28.8 Å². The van der Waals surface area contributed by atoms with Gasteiger partial charge in [-0.3, -0.25) is 14.5 Å². The Morgan fingerprint density at radius 1 is 1.14 bits per heavy atom. The third-order valence-electron chi connectivity index (χ3n) is 6.87. The van der Waals surface area contributed by atoms with Crippen LogP contribution in [0.4, 0.5) is 10.8 Å². The molecule has 0 fully saturated rings. The molecule has 13 heteroatoms. The number of esters is 1. The van der Waals surface area contributed by atoms with Crippen molar-refractivity contribution in [1.82, 2.24) is 10.2 Å². The molecule has 1 unspecified atom stereocenters. The molecule has 0 saturated carbocycles. The summed E-state index contributed by atoms with van der Waals surface area (Å²) in [6, 6.07) is 15.8. The normalized spacial score (nSPS) is 16.5. The van der Waals surface area contributed by atoms with Crippen molar-refractivity contribution >= 4 is 51.6 Å². The minimum atomic E-state index is -0.677. The molecule has 3 N–H and O–H groups in total. The zero-order valence-electron chi connectivity index (χ0n) is 22.7. The van der Waals surface area contributed by atoms with Gasteiger partial charge >= 0.3 is 5.97 Å². The highest BCUT2D eigenvalue weighted by atomic mass is 32.2. The molecule has 0 radical (unpaired) electrons. The molecule has 1 aliphatic carbocycles. The Bertz CT molecular complexity index is 1640. The second kappa shape index (κ2) is 12.5. The summed E-state index contributed by atoms with van der Waals surface area (Å²) in [5.41, 5.74) is 9.64. The van der Waals surface area contributed by atoms with Crippen LogP contribution in [-0.4, -0.2) is 47.8 Å². The number of methoxy groups -OCH3 is 2. The van der Waals surface area contributed by atoms with E-state index in [2.05, 4.69) is 21.6 Å². The molecule has 42 heavy (non-hydrogen) atoms. The summed E-state index contributed by atoms with van der Waals surface area (Å²) >= 11 is 2.44. The number of anilines is 2. The van der Waals surface area contributed by atoms with Gasteiger partial charge in [0.25, 0.3) is 0 Å². The molecule has 0 saturated heterocycles. The number of thioether (sulfide) groups is 1. The lowest BCUT2D eigenvalue weighted by molar-refractivity contribution is -0.116. The van der Waals surface area contributed by atoms with Crippen LogP contribution >= 0.6 is 23.1 Å². The Hall–Kier alpha value is -4.67. The predicted molar refractivity (Wildman–Crippen MR) is 158 cm³/mol. The monoisotopic (exact) mass is 602 g/mol. The number of hydrogen-bond donors (Lipinski definition) is 2. The molecule has 3 aromatic rings. The van der Waals surface area contributed by atoms with Gasteiger partial charge in [-0.15, -0.1) is 10.2 Å². The largest absolute Gasteiger partial charge is 0.497 e. The zero-order chi connectivity index (χ0) is 29.8. The Morgan fingerprint density at radius 3 is 2.55 bits per heavy atom. The number of aromatic nitrogens is 2. The molecular formula is C29H26N6O5S2. The number of carbonyl (C=O) groups is 3. The van der Waals surface area contributed by atoms with Crippen LogP contribution in [0.1, 0.15) is 41.1 Å². The van der Waals surface area contributed by atoms with Gasteiger partial charge in [-0.05, 0) is 54.8 Å². The maximum Gasteiger partial charge on any atom is 0.337 e. The van der Waals surface area contributed by atoms with E-state index < -0.39 is 11.9 Å². The Labute approximate surface area is 250 Å². The second-order valence-corrected chi connectivity index (χ2v) is 11.5. The molecule has 0 spiro atoms. The number of carbonyl (C=O) groups excluding carboxylic acids is 3. The fourth-order valence-electron chi connectivity index (χ4n) is 4.92. The Balaban J connectivity index is 1.39.